The van der Waals surface area contributed by atoms with Crippen LogP contribution in [0.3, 0.4) is 0 Å². The van der Waals surface area contributed by atoms with Crippen LogP contribution in [0.4, 0.5) is 0 Å². The third kappa shape index (κ3) is 55.7. The summed E-state index contributed by atoms with van der Waals surface area (Å²) in [6, 6.07) is -0.564. The first-order chi connectivity index (χ1) is 34.5. The number of amides is 1. The molecule has 0 aliphatic heterocycles. The third-order valence-corrected chi connectivity index (χ3v) is 14.7. The van der Waals surface area contributed by atoms with E-state index in [2.05, 4.69) is 43.5 Å². The molecule has 0 saturated carbocycles. The molecule has 6 heteroatoms. The highest BCUT2D eigenvalue weighted by Gasteiger charge is 2.20. The van der Waals surface area contributed by atoms with Gasteiger partial charge in [0.1, 0.15) is 0 Å². The second-order valence-electron chi connectivity index (χ2n) is 21.7. The van der Waals surface area contributed by atoms with E-state index in [1.807, 2.05) is 0 Å². The van der Waals surface area contributed by atoms with Crippen molar-refractivity contribution in [1.29, 1.82) is 0 Å². The van der Waals surface area contributed by atoms with E-state index in [1.54, 1.807) is 0 Å². The van der Waals surface area contributed by atoms with Crippen molar-refractivity contribution in [3.8, 4) is 0 Å². The number of hydrogen-bond donors (Lipinski definition) is 3. The first-order valence-electron chi connectivity index (χ1n) is 31.6. The van der Waals surface area contributed by atoms with Crippen LogP contribution in [0.1, 0.15) is 348 Å². The Balaban J connectivity index is 3.48. The second-order valence-corrected chi connectivity index (χ2v) is 21.7. The lowest BCUT2D eigenvalue weighted by Crippen LogP contribution is -2.45. The predicted octanol–water partition coefficient (Wildman–Crippen LogP) is 19.8. The zero-order chi connectivity index (χ0) is 50.7. The number of hydrogen-bond acceptors (Lipinski definition) is 5. The molecule has 2 unspecified atom stereocenters. The maximum atomic E-state index is 12.5. The molecule has 3 N–H and O–H groups in total. The fourth-order valence-electron chi connectivity index (χ4n) is 9.87. The molecule has 6 nitrogen and oxygen atoms in total. The summed E-state index contributed by atoms with van der Waals surface area (Å²) in [5, 5.41) is 23.4. The van der Waals surface area contributed by atoms with Gasteiger partial charge in [-0.25, -0.2) is 0 Å². The molecule has 0 aromatic carbocycles. The number of rotatable bonds is 59. The van der Waals surface area contributed by atoms with Crippen LogP contribution < -0.4 is 5.32 Å². The van der Waals surface area contributed by atoms with Crippen LogP contribution in [0.2, 0.25) is 0 Å². The maximum Gasteiger partial charge on any atom is 0.305 e. The number of carbonyl (C=O) groups excluding carboxylic acids is 2. The molecular formula is C64H123NO5. The molecule has 0 heterocycles. The van der Waals surface area contributed by atoms with E-state index >= 15 is 0 Å². The van der Waals surface area contributed by atoms with Crippen molar-refractivity contribution in [2.45, 2.75) is 360 Å². The molecule has 0 aromatic heterocycles. The lowest BCUT2D eigenvalue weighted by Gasteiger charge is -2.22. The minimum Gasteiger partial charge on any atom is -0.466 e. The number of ether oxygens (including phenoxy) is 1. The van der Waals surface area contributed by atoms with Crippen molar-refractivity contribution in [1.82, 2.24) is 5.32 Å². The molecule has 1 amide bonds. The Morgan fingerprint density at radius 3 is 1.01 bits per heavy atom. The number of unbranched alkanes of at least 4 members (excludes halogenated alkanes) is 44. The van der Waals surface area contributed by atoms with Gasteiger partial charge in [0.2, 0.25) is 5.91 Å². The standard InChI is InChI=1S/C64H123NO5/c1-3-5-7-9-11-13-15-17-19-21-22-23-24-25-26-27-28-30-31-33-36-40-44-48-52-56-62(67)61(60-66)65-63(68)57-53-49-45-41-37-35-39-43-47-51-55-59-70-64(69)58-54-50-46-42-38-34-32-29-20-18-16-14-12-10-8-6-4-2/h18,20,39,43,61-62,66-67H,3-17,19,21-38,40-42,44-60H2,1-2H3,(H,65,68)/b20-18-,43-39-. The van der Waals surface area contributed by atoms with Crippen LogP contribution in [0.5, 0.6) is 0 Å². The molecule has 2 atom stereocenters. The highest BCUT2D eigenvalue weighted by Crippen LogP contribution is 2.18. The van der Waals surface area contributed by atoms with E-state index in [0.717, 1.165) is 83.5 Å². The Kier molecular flexibility index (Phi) is 58.5. The SMILES string of the molecule is CCCCCCCC/C=C\CCCCCCCCCC(=O)OCCCC/C=C\CCCCCCCC(=O)NC(CO)C(O)CCCCCCCCCCCCCCCCCCCCCCCCCCC. The van der Waals surface area contributed by atoms with Gasteiger partial charge in [0.15, 0.2) is 0 Å². The fourth-order valence-corrected chi connectivity index (χ4v) is 9.87. The summed E-state index contributed by atoms with van der Waals surface area (Å²) >= 11 is 0. The molecule has 0 spiro atoms. The van der Waals surface area contributed by atoms with E-state index in [0.29, 0.717) is 25.9 Å². The van der Waals surface area contributed by atoms with Crippen LogP contribution >= 0.6 is 0 Å². The van der Waals surface area contributed by atoms with Crippen molar-refractivity contribution < 1.29 is 24.5 Å². The average Bonchev–Trinajstić information content (AvgIpc) is 3.36. The zero-order valence-electron chi connectivity index (χ0n) is 47.3. The molecule has 0 saturated heterocycles. The zero-order valence-corrected chi connectivity index (χ0v) is 47.3. The van der Waals surface area contributed by atoms with Gasteiger partial charge in [0.25, 0.3) is 0 Å². The molecule has 0 fully saturated rings. The summed E-state index contributed by atoms with van der Waals surface area (Å²) in [7, 11) is 0. The van der Waals surface area contributed by atoms with E-state index in [9.17, 15) is 19.8 Å². The minimum absolute atomic E-state index is 0.0333. The lowest BCUT2D eigenvalue weighted by molar-refractivity contribution is -0.143. The number of aliphatic hydroxyl groups is 2. The first kappa shape index (κ1) is 68.3. The molecule has 0 aliphatic carbocycles. The Labute approximate surface area is 437 Å². The Morgan fingerprint density at radius 2 is 0.671 bits per heavy atom. The maximum absolute atomic E-state index is 12.5. The second kappa shape index (κ2) is 59.9. The summed E-state index contributed by atoms with van der Waals surface area (Å²) < 4.78 is 5.46. The van der Waals surface area contributed by atoms with Gasteiger partial charge in [-0.15, -0.1) is 0 Å². The molecule has 0 aromatic rings. The van der Waals surface area contributed by atoms with Crippen molar-refractivity contribution >= 4 is 11.9 Å². The third-order valence-electron chi connectivity index (χ3n) is 14.7. The van der Waals surface area contributed by atoms with Crippen molar-refractivity contribution in [2.75, 3.05) is 13.2 Å². The minimum atomic E-state index is -0.684. The van der Waals surface area contributed by atoms with Gasteiger partial charge in [-0.1, -0.05) is 282 Å². The first-order valence-corrected chi connectivity index (χ1v) is 31.6. The number of aliphatic hydroxyl groups excluding tert-OH is 2. The fraction of sp³-hybridized carbons (Fsp3) is 0.906. The van der Waals surface area contributed by atoms with Gasteiger partial charge in [0, 0.05) is 12.8 Å². The molecular weight excluding hydrogens is 863 g/mol. The summed E-state index contributed by atoms with van der Waals surface area (Å²) in [6.07, 6.45) is 73.3. The molecule has 0 bridgehead atoms. The number of nitrogens with one attached hydrogen (secondary N) is 1. The summed E-state index contributed by atoms with van der Waals surface area (Å²) in [5.41, 5.74) is 0. The summed E-state index contributed by atoms with van der Waals surface area (Å²) in [4.78, 5) is 24.6. The van der Waals surface area contributed by atoms with Crippen LogP contribution in [0.25, 0.3) is 0 Å². The average molecular weight is 987 g/mol. The van der Waals surface area contributed by atoms with Gasteiger partial charge in [-0.05, 0) is 77.0 Å². The highest BCUT2D eigenvalue weighted by molar-refractivity contribution is 5.76. The van der Waals surface area contributed by atoms with E-state index in [4.69, 9.17) is 4.74 Å². The van der Waals surface area contributed by atoms with E-state index in [1.165, 1.54) is 231 Å². The largest absolute Gasteiger partial charge is 0.466 e. The van der Waals surface area contributed by atoms with Crippen LogP contribution in [-0.4, -0.2) is 47.4 Å². The van der Waals surface area contributed by atoms with Crippen molar-refractivity contribution in [3.05, 3.63) is 24.3 Å². The van der Waals surface area contributed by atoms with Gasteiger partial charge < -0.3 is 20.3 Å². The van der Waals surface area contributed by atoms with Gasteiger partial charge >= 0.3 is 5.97 Å². The van der Waals surface area contributed by atoms with Crippen LogP contribution in [-0.2, 0) is 14.3 Å². The van der Waals surface area contributed by atoms with E-state index < -0.39 is 12.1 Å². The summed E-state index contributed by atoms with van der Waals surface area (Å²) in [6.45, 7) is 4.90. The molecule has 0 aliphatic rings. The van der Waals surface area contributed by atoms with Gasteiger partial charge in [-0.2, -0.15) is 0 Å². The monoisotopic (exact) mass is 986 g/mol. The quantitative estimate of drug-likeness (QED) is 0.0321. The van der Waals surface area contributed by atoms with Crippen molar-refractivity contribution in [2.24, 2.45) is 0 Å². The van der Waals surface area contributed by atoms with E-state index in [-0.39, 0.29) is 18.5 Å². The van der Waals surface area contributed by atoms with Crippen LogP contribution in [0.15, 0.2) is 24.3 Å². The topological polar surface area (TPSA) is 95.9 Å². The Morgan fingerprint density at radius 1 is 0.386 bits per heavy atom. The Hall–Kier alpha value is -1.66. The number of esters is 1. The van der Waals surface area contributed by atoms with Crippen molar-refractivity contribution in [3.63, 3.8) is 0 Å². The normalized spacial score (nSPS) is 12.7. The number of carbonyl (C=O) groups is 2. The smallest absolute Gasteiger partial charge is 0.305 e. The molecule has 0 rings (SSSR count). The lowest BCUT2D eigenvalue weighted by atomic mass is 10.0. The highest BCUT2D eigenvalue weighted by atomic mass is 16.5. The van der Waals surface area contributed by atoms with Gasteiger partial charge in [-0.3, -0.25) is 9.59 Å². The molecule has 414 valence electrons. The summed E-state index contributed by atoms with van der Waals surface area (Å²) in [5.74, 6) is -0.0938. The molecule has 70 heavy (non-hydrogen) atoms. The predicted molar refractivity (Wildman–Crippen MR) is 306 cm³/mol. The molecule has 0 radical (unpaired) electrons. The van der Waals surface area contributed by atoms with Gasteiger partial charge in [0.05, 0.1) is 25.4 Å². The number of allylic oxidation sites excluding steroid dienone is 4. The van der Waals surface area contributed by atoms with Crippen LogP contribution in [0, 0.1) is 0 Å². The Bertz CT molecular complexity index is 1090.